The van der Waals surface area contributed by atoms with Crippen molar-refractivity contribution in [2.45, 2.75) is 32.4 Å². The number of aryl methyl sites for hydroxylation is 2. The average molecular weight is 335 g/mol. The summed E-state index contributed by atoms with van der Waals surface area (Å²) in [6.07, 6.45) is 4.96. The Labute approximate surface area is 146 Å². The molecule has 0 fully saturated rings. The molecule has 0 aliphatic carbocycles. The zero-order valence-electron chi connectivity index (χ0n) is 14.2. The topological polar surface area (TPSA) is 72.7 Å². The van der Waals surface area contributed by atoms with Gasteiger partial charge in [-0.2, -0.15) is 0 Å². The quantitative estimate of drug-likeness (QED) is 0.719. The van der Waals surface area contributed by atoms with Crippen LogP contribution in [-0.4, -0.2) is 31.9 Å². The lowest BCUT2D eigenvalue weighted by atomic mass is 10.1. The van der Waals surface area contributed by atoms with Gasteiger partial charge in [-0.05, 0) is 31.0 Å². The molecule has 128 valence electrons. The Bertz CT molecular complexity index is 801. The maximum absolute atomic E-state index is 12.3. The second-order valence-electron chi connectivity index (χ2n) is 6.00. The van der Waals surface area contributed by atoms with Crippen molar-refractivity contribution >= 4 is 5.91 Å². The van der Waals surface area contributed by atoms with Gasteiger partial charge in [0, 0.05) is 30.9 Å². The van der Waals surface area contributed by atoms with Crippen LogP contribution in [0.15, 0.2) is 60.9 Å². The average Bonchev–Trinajstić information content (AvgIpc) is 3.11. The molecule has 0 aliphatic heterocycles. The number of benzene rings is 1. The highest BCUT2D eigenvalue weighted by Crippen LogP contribution is 2.03. The van der Waals surface area contributed by atoms with Gasteiger partial charge in [0.05, 0.1) is 6.20 Å². The third-order valence-electron chi connectivity index (χ3n) is 3.86. The molecule has 0 spiro atoms. The van der Waals surface area contributed by atoms with E-state index in [1.807, 2.05) is 43.3 Å². The molecule has 0 saturated heterocycles. The number of nitrogens with one attached hydrogen (secondary N) is 1. The van der Waals surface area contributed by atoms with Crippen LogP contribution in [0.4, 0.5) is 0 Å². The van der Waals surface area contributed by atoms with Crippen molar-refractivity contribution in [1.82, 2.24) is 25.3 Å². The SMILES string of the molecule is C[C@@H](Cc1ccccn1)NC(=O)c1cn(CCc2ccccc2)nn1. The maximum atomic E-state index is 12.3. The summed E-state index contributed by atoms with van der Waals surface area (Å²) in [5.74, 6) is -0.214. The van der Waals surface area contributed by atoms with Gasteiger partial charge >= 0.3 is 0 Å². The second kappa shape index (κ2) is 8.19. The molecule has 2 aromatic heterocycles. The van der Waals surface area contributed by atoms with E-state index in [1.54, 1.807) is 17.1 Å². The van der Waals surface area contributed by atoms with Crippen LogP contribution >= 0.6 is 0 Å². The van der Waals surface area contributed by atoms with Crippen molar-refractivity contribution in [2.24, 2.45) is 0 Å². The monoisotopic (exact) mass is 335 g/mol. The van der Waals surface area contributed by atoms with Crippen LogP contribution in [0, 0.1) is 0 Å². The molecule has 1 atom stereocenters. The van der Waals surface area contributed by atoms with Crippen molar-refractivity contribution in [3.05, 3.63) is 77.9 Å². The predicted molar refractivity (Wildman–Crippen MR) is 95.0 cm³/mol. The molecule has 25 heavy (non-hydrogen) atoms. The summed E-state index contributed by atoms with van der Waals surface area (Å²) in [7, 11) is 0. The Kier molecular flexibility index (Phi) is 5.51. The first-order valence-corrected chi connectivity index (χ1v) is 8.35. The summed E-state index contributed by atoms with van der Waals surface area (Å²) >= 11 is 0. The molecule has 3 rings (SSSR count). The van der Waals surface area contributed by atoms with E-state index >= 15 is 0 Å². The molecule has 3 aromatic rings. The number of pyridine rings is 1. The standard InChI is InChI=1S/C19H21N5O/c1-15(13-17-9-5-6-11-20-17)21-19(25)18-14-24(23-22-18)12-10-16-7-3-2-4-8-16/h2-9,11,14-15H,10,12-13H2,1H3,(H,21,25)/t15-/m0/s1. The van der Waals surface area contributed by atoms with E-state index in [4.69, 9.17) is 0 Å². The van der Waals surface area contributed by atoms with Gasteiger partial charge in [0.15, 0.2) is 5.69 Å². The number of hydrogen-bond acceptors (Lipinski definition) is 4. The number of carbonyl (C=O) groups is 1. The molecule has 0 aliphatic rings. The van der Waals surface area contributed by atoms with Gasteiger partial charge in [0.1, 0.15) is 0 Å². The summed E-state index contributed by atoms with van der Waals surface area (Å²) < 4.78 is 1.70. The van der Waals surface area contributed by atoms with Crippen molar-refractivity contribution in [3.8, 4) is 0 Å². The van der Waals surface area contributed by atoms with Gasteiger partial charge in [-0.25, -0.2) is 0 Å². The number of hydrogen-bond donors (Lipinski definition) is 1. The van der Waals surface area contributed by atoms with Crippen LogP contribution in [-0.2, 0) is 19.4 Å². The smallest absolute Gasteiger partial charge is 0.273 e. The highest BCUT2D eigenvalue weighted by molar-refractivity contribution is 5.92. The number of aromatic nitrogens is 4. The van der Waals surface area contributed by atoms with Gasteiger partial charge in [-0.1, -0.05) is 41.6 Å². The summed E-state index contributed by atoms with van der Waals surface area (Å²) in [4.78, 5) is 16.6. The van der Waals surface area contributed by atoms with E-state index in [2.05, 4.69) is 32.7 Å². The third kappa shape index (κ3) is 4.97. The molecule has 6 nitrogen and oxygen atoms in total. The zero-order chi connectivity index (χ0) is 17.5. The molecule has 1 amide bonds. The van der Waals surface area contributed by atoms with Crippen LogP contribution in [0.5, 0.6) is 0 Å². The van der Waals surface area contributed by atoms with E-state index in [9.17, 15) is 4.79 Å². The minimum Gasteiger partial charge on any atom is -0.348 e. The Morgan fingerprint density at radius 3 is 2.72 bits per heavy atom. The first kappa shape index (κ1) is 16.8. The Morgan fingerprint density at radius 1 is 1.16 bits per heavy atom. The molecule has 1 aromatic carbocycles. The highest BCUT2D eigenvalue weighted by atomic mass is 16.2. The summed E-state index contributed by atoms with van der Waals surface area (Å²) in [5, 5.41) is 10.9. The second-order valence-corrected chi connectivity index (χ2v) is 6.00. The fraction of sp³-hybridized carbons (Fsp3) is 0.263. The number of rotatable bonds is 7. The molecular formula is C19H21N5O. The lowest BCUT2D eigenvalue weighted by Gasteiger charge is -2.12. The van der Waals surface area contributed by atoms with Crippen LogP contribution < -0.4 is 5.32 Å². The van der Waals surface area contributed by atoms with E-state index < -0.39 is 0 Å². The van der Waals surface area contributed by atoms with Gasteiger partial charge in [-0.15, -0.1) is 5.10 Å². The van der Waals surface area contributed by atoms with E-state index in [0.29, 0.717) is 18.7 Å². The minimum absolute atomic E-state index is 0.0307. The van der Waals surface area contributed by atoms with Gasteiger partial charge in [0.2, 0.25) is 0 Å². The molecule has 0 unspecified atom stereocenters. The Hall–Kier alpha value is -3.02. The van der Waals surface area contributed by atoms with E-state index in [0.717, 1.165) is 12.1 Å². The zero-order valence-corrected chi connectivity index (χ0v) is 14.2. The van der Waals surface area contributed by atoms with Crippen molar-refractivity contribution in [3.63, 3.8) is 0 Å². The third-order valence-corrected chi connectivity index (χ3v) is 3.86. The van der Waals surface area contributed by atoms with Crippen LogP contribution in [0.25, 0.3) is 0 Å². The molecule has 6 heteroatoms. The molecular weight excluding hydrogens is 314 g/mol. The van der Waals surface area contributed by atoms with Crippen molar-refractivity contribution in [1.29, 1.82) is 0 Å². The van der Waals surface area contributed by atoms with Crippen LogP contribution in [0.1, 0.15) is 28.7 Å². The fourth-order valence-corrected chi connectivity index (χ4v) is 2.58. The number of carbonyl (C=O) groups excluding carboxylic acids is 1. The van der Waals surface area contributed by atoms with Crippen molar-refractivity contribution in [2.75, 3.05) is 0 Å². The van der Waals surface area contributed by atoms with E-state index in [1.165, 1.54) is 5.56 Å². The molecule has 0 saturated carbocycles. The first-order chi connectivity index (χ1) is 12.2. The molecule has 2 heterocycles. The summed E-state index contributed by atoms with van der Waals surface area (Å²) in [6.45, 7) is 2.64. The predicted octanol–water partition coefficient (Wildman–Crippen LogP) is 2.28. The van der Waals surface area contributed by atoms with Crippen molar-refractivity contribution < 1.29 is 4.79 Å². The number of nitrogens with zero attached hydrogens (tertiary/aromatic N) is 4. The van der Waals surface area contributed by atoms with Crippen LogP contribution in [0.2, 0.25) is 0 Å². The normalized spacial score (nSPS) is 11.9. The van der Waals surface area contributed by atoms with Gasteiger partial charge in [-0.3, -0.25) is 14.5 Å². The lowest BCUT2D eigenvalue weighted by Crippen LogP contribution is -2.34. The molecule has 0 bridgehead atoms. The maximum Gasteiger partial charge on any atom is 0.273 e. The first-order valence-electron chi connectivity index (χ1n) is 8.35. The van der Waals surface area contributed by atoms with E-state index in [-0.39, 0.29) is 11.9 Å². The molecule has 0 radical (unpaired) electrons. The fourth-order valence-electron chi connectivity index (χ4n) is 2.58. The minimum atomic E-state index is -0.214. The Balaban J connectivity index is 1.51. The number of amides is 1. The summed E-state index contributed by atoms with van der Waals surface area (Å²) in [6, 6.07) is 15.9. The lowest BCUT2D eigenvalue weighted by molar-refractivity contribution is 0.0935. The summed E-state index contributed by atoms with van der Waals surface area (Å²) in [5.41, 5.74) is 2.51. The van der Waals surface area contributed by atoms with Gasteiger partial charge < -0.3 is 5.32 Å². The molecule has 1 N–H and O–H groups in total. The largest absolute Gasteiger partial charge is 0.348 e. The highest BCUT2D eigenvalue weighted by Gasteiger charge is 2.14. The van der Waals surface area contributed by atoms with Crippen LogP contribution in [0.3, 0.4) is 0 Å². The Morgan fingerprint density at radius 2 is 1.96 bits per heavy atom. The van der Waals surface area contributed by atoms with Gasteiger partial charge in [0.25, 0.3) is 5.91 Å².